The van der Waals surface area contributed by atoms with Gasteiger partial charge in [-0.3, -0.25) is 0 Å². The van der Waals surface area contributed by atoms with Gasteiger partial charge in [-0.25, -0.2) is 0 Å². The van der Waals surface area contributed by atoms with E-state index >= 15 is 0 Å². The van der Waals surface area contributed by atoms with Crippen LogP contribution in [-0.4, -0.2) is 69.5 Å². The van der Waals surface area contributed by atoms with Gasteiger partial charge in [0, 0.05) is 21.9 Å². The molecule has 0 aliphatic heterocycles. The van der Waals surface area contributed by atoms with E-state index in [1.54, 1.807) is 62.3 Å². The average Bonchev–Trinajstić information content (AvgIpc) is 3.56. The smallest absolute Gasteiger partial charge is 0.173 e. The summed E-state index contributed by atoms with van der Waals surface area (Å²) in [6.07, 6.45) is 5.22. The minimum atomic E-state index is -0.511. The van der Waals surface area contributed by atoms with Gasteiger partial charge >= 0.3 is 0 Å². The van der Waals surface area contributed by atoms with E-state index in [4.69, 9.17) is 0 Å². The van der Waals surface area contributed by atoms with Crippen molar-refractivity contribution in [2.75, 3.05) is 6.26 Å². The quantitative estimate of drug-likeness (QED) is 0.171. The van der Waals surface area contributed by atoms with Gasteiger partial charge in [0.1, 0.15) is 11.5 Å². The van der Waals surface area contributed by atoms with E-state index in [-0.39, 0.29) is 11.5 Å². The Kier molecular flexibility index (Phi) is 7.41. The van der Waals surface area contributed by atoms with Crippen LogP contribution in [0.2, 0.25) is 0 Å². The predicted molar refractivity (Wildman–Crippen MR) is 146 cm³/mol. The van der Waals surface area contributed by atoms with Gasteiger partial charge in [-0.2, -0.15) is 10.2 Å². The molecule has 3 aromatic carbocycles. The molecule has 0 saturated heterocycles. The zero-order valence-electron chi connectivity index (χ0n) is 21.3. The Labute approximate surface area is 227 Å². The molecule has 0 radical (unpaired) electrons. The summed E-state index contributed by atoms with van der Waals surface area (Å²) in [6, 6.07) is 18.4. The third-order valence-electron chi connectivity index (χ3n) is 5.99. The second-order valence-electron chi connectivity index (χ2n) is 8.57. The van der Waals surface area contributed by atoms with E-state index < -0.39 is 5.92 Å². The van der Waals surface area contributed by atoms with Crippen LogP contribution in [0.4, 0.5) is 0 Å². The molecule has 0 unspecified atom stereocenters. The van der Waals surface area contributed by atoms with Gasteiger partial charge in [-0.15, -0.1) is 31.5 Å². The predicted octanol–water partition coefficient (Wildman–Crippen LogP) is 3.35. The second-order valence-corrected chi connectivity index (χ2v) is 9.45. The molecule has 2 N–H and O–H groups in total. The van der Waals surface area contributed by atoms with Gasteiger partial charge in [0.15, 0.2) is 11.6 Å². The van der Waals surface area contributed by atoms with Crippen LogP contribution in [0.1, 0.15) is 45.4 Å². The van der Waals surface area contributed by atoms with Crippen molar-refractivity contribution in [2.24, 2.45) is 10.2 Å². The minimum absolute atomic E-state index is 0.0769. The normalized spacial score (nSPS) is 12.5. The number of tetrazole rings is 2. The molecule has 0 fully saturated rings. The lowest BCUT2D eigenvalue weighted by Gasteiger charge is -2.22. The maximum atomic E-state index is 11.0. The molecule has 0 spiro atoms. The van der Waals surface area contributed by atoms with E-state index in [1.165, 1.54) is 9.58 Å². The molecule has 0 aliphatic rings. The van der Waals surface area contributed by atoms with Crippen LogP contribution in [-0.2, 0) is 0 Å². The fourth-order valence-electron chi connectivity index (χ4n) is 4.03. The van der Waals surface area contributed by atoms with Crippen molar-refractivity contribution in [2.45, 2.75) is 24.7 Å². The van der Waals surface area contributed by atoms with Crippen LogP contribution in [0.3, 0.4) is 0 Å². The molecule has 0 amide bonds. The van der Waals surface area contributed by atoms with Crippen LogP contribution in [0.15, 0.2) is 75.8 Å². The highest BCUT2D eigenvalue weighted by atomic mass is 32.2. The number of hydrogen-bond acceptors (Lipinski definition) is 11. The van der Waals surface area contributed by atoms with E-state index in [2.05, 4.69) is 41.3 Å². The summed E-state index contributed by atoms with van der Waals surface area (Å²) in [6.45, 7) is 3.49. The van der Waals surface area contributed by atoms with Crippen LogP contribution in [0.25, 0.3) is 0 Å². The lowest BCUT2D eigenvalue weighted by Crippen LogP contribution is -2.06. The number of aromatic hydroxyl groups is 2. The van der Waals surface area contributed by atoms with Gasteiger partial charge in [-0.1, -0.05) is 12.1 Å². The second kappa shape index (κ2) is 11.2. The van der Waals surface area contributed by atoms with Gasteiger partial charge in [0.05, 0.1) is 12.4 Å². The molecule has 0 aliphatic carbocycles. The molecule has 196 valence electrons. The molecule has 12 nitrogen and oxygen atoms in total. The number of rotatable bonds is 8. The standard InChI is InChI=1S/C26H24N10O2S/c1-16-29-31-33-35(16)27-14-18-7-9-24(37)22(11-18)26(20-5-4-6-21(13-20)39-3)23-12-19(8-10-25(23)38)15-28-36-17(2)30-32-34-36/h4-15,26,37-38H,1-3H3. The van der Waals surface area contributed by atoms with Crippen LogP contribution in [0.5, 0.6) is 11.5 Å². The van der Waals surface area contributed by atoms with Crippen molar-refractivity contribution in [1.82, 2.24) is 40.6 Å². The SMILES string of the molecule is CSc1cccc(C(c2cc(C=Nn3nnnc3C)ccc2O)c2cc(C=Nn3nnnc3C)ccc2O)c1. The summed E-state index contributed by atoms with van der Waals surface area (Å²) >= 11 is 1.61. The monoisotopic (exact) mass is 540 g/mol. The molecule has 2 aromatic heterocycles. The fourth-order valence-corrected chi connectivity index (χ4v) is 4.50. The molecule has 0 bridgehead atoms. The molecule has 39 heavy (non-hydrogen) atoms. The van der Waals surface area contributed by atoms with Crippen molar-refractivity contribution in [1.29, 1.82) is 0 Å². The summed E-state index contributed by atoms with van der Waals surface area (Å²) < 4.78 is 0. The number of phenols is 2. The largest absolute Gasteiger partial charge is 0.508 e. The molecule has 5 aromatic rings. The fraction of sp³-hybridized carbons (Fsp3) is 0.154. The third-order valence-corrected chi connectivity index (χ3v) is 6.72. The highest BCUT2D eigenvalue weighted by Gasteiger charge is 2.24. The summed E-state index contributed by atoms with van der Waals surface area (Å²) in [5.74, 6) is 0.721. The highest BCUT2D eigenvalue weighted by molar-refractivity contribution is 7.98. The molecular formula is C26H24N10O2S. The van der Waals surface area contributed by atoms with E-state index in [1.807, 2.05) is 42.7 Å². The van der Waals surface area contributed by atoms with Gasteiger partial charge < -0.3 is 10.2 Å². The Hall–Kier alpha value is -4.91. The zero-order chi connectivity index (χ0) is 27.4. The number of thioether (sulfide) groups is 1. The van der Waals surface area contributed by atoms with Crippen LogP contribution in [0, 0.1) is 13.8 Å². The highest BCUT2D eigenvalue weighted by Crippen LogP contribution is 2.41. The van der Waals surface area contributed by atoms with Crippen molar-refractivity contribution < 1.29 is 10.2 Å². The Morgan fingerprint density at radius 1 is 0.769 bits per heavy atom. The molecule has 0 atom stereocenters. The molecule has 5 rings (SSSR count). The maximum absolute atomic E-state index is 11.0. The Balaban J connectivity index is 1.62. The molecular weight excluding hydrogens is 516 g/mol. The molecule has 0 saturated carbocycles. The molecule has 13 heteroatoms. The zero-order valence-corrected chi connectivity index (χ0v) is 22.1. The summed E-state index contributed by atoms with van der Waals surface area (Å²) in [5.41, 5.74) is 3.51. The first-order valence-electron chi connectivity index (χ1n) is 11.8. The minimum Gasteiger partial charge on any atom is -0.508 e. The lowest BCUT2D eigenvalue weighted by atomic mass is 9.83. The van der Waals surface area contributed by atoms with Crippen molar-refractivity contribution >= 4 is 24.2 Å². The van der Waals surface area contributed by atoms with Crippen LogP contribution >= 0.6 is 11.8 Å². The Morgan fingerprint density at radius 3 is 1.77 bits per heavy atom. The number of nitrogens with zero attached hydrogens (tertiary/aromatic N) is 10. The van der Waals surface area contributed by atoms with E-state index in [0.29, 0.717) is 22.8 Å². The topological polar surface area (TPSA) is 152 Å². The summed E-state index contributed by atoms with van der Waals surface area (Å²) in [4.78, 5) is 3.68. The number of hydrogen-bond donors (Lipinski definition) is 2. The molecule has 2 heterocycles. The van der Waals surface area contributed by atoms with Crippen molar-refractivity contribution in [3.05, 3.63) is 100 Å². The van der Waals surface area contributed by atoms with Crippen LogP contribution < -0.4 is 0 Å². The third kappa shape index (κ3) is 5.67. The first-order chi connectivity index (χ1) is 18.9. The lowest BCUT2D eigenvalue weighted by molar-refractivity contribution is 0.458. The number of phenolic OH excluding ortho intramolecular Hbond substituents is 2. The van der Waals surface area contributed by atoms with Crippen molar-refractivity contribution in [3.8, 4) is 11.5 Å². The Morgan fingerprint density at radius 2 is 1.31 bits per heavy atom. The maximum Gasteiger partial charge on any atom is 0.173 e. The van der Waals surface area contributed by atoms with E-state index in [0.717, 1.165) is 21.6 Å². The summed E-state index contributed by atoms with van der Waals surface area (Å²) in [5, 5.41) is 53.2. The average molecular weight is 541 g/mol. The number of aryl methyl sites for hydroxylation is 2. The van der Waals surface area contributed by atoms with Gasteiger partial charge in [-0.05, 0) is 106 Å². The summed E-state index contributed by atoms with van der Waals surface area (Å²) in [7, 11) is 0. The van der Waals surface area contributed by atoms with Gasteiger partial charge in [0.2, 0.25) is 0 Å². The van der Waals surface area contributed by atoms with Gasteiger partial charge in [0.25, 0.3) is 0 Å². The first-order valence-corrected chi connectivity index (χ1v) is 13.0. The van der Waals surface area contributed by atoms with E-state index in [9.17, 15) is 10.2 Å². The first kappa shape index (κ1) is 25.7. The number of aromatic nitrogens is 8. The van der Waals surface area contributed by atoms with Crippen molar-refractivity contribution in [3.63, 3.8) is 0 Å². The number of benzene rings is 3. The Bertz CT molecular complexity index is 1580.